The highest BCUT2D eigenvalue weighted by Crippen LogP contribution is 2.41. The third kappa shape index (κ3) is 7.97. The Bertz CT molecular complexity index is 1570. The Morgan fingerprint density at radius 2 is 1.48 bits per heavy atom. The van der Waals surface area contributed by atoms with Gasteiger partial charge in [-0.15, -0.1) is 0 Å². The maximum absolute atomic E-state index is 14.4. The van der Waals surface area contributed by atoms with E-state index in [1.54, 1.807) is 6.07 Å². The Balaban J connectivity index is 1.43. The fourth-order valence-electron chi connectivity index (χ4n) is 6.93. The lowest BCUT2D eigenvalue weighted by atomic mass is 9.87. The van der Waals surface area contributed by atoms with Crippen LogP contribution in [0.1, 0.15) is 74.8 Å². The van der Waals surface area contributed by atoms with Crippen LogP contribution in [0, 0.1) is 11.6 Å². The van der Waals surface area contributed by atoms with Crippen molar-refractivity contribution in [1.82, 2.24) is 9.80 Å². The number of fused-ring (bicyclic) bond motifs is 1. The van der Waals surface area contributed by atoms with Crippen LogP contribution in [-0.2, 0) is 17.6 Å². The van der Waals surface area contributed by atoms with E-state index >= 15 is 0 Å². The molecule has 5 rings (SSSR count). The summed E-state index contributed by atoms with van der Waals surface area (Å²) < 4.78 is 57.3. The zero-order valence-corrected chi connectivity index (χ0v) is 28.8. The molecule has 48 heavy (non-hydrogen) atoms. The minimum absolute atomic E-state index is 0.0250. The van der Waals surface area contributed by atoms with Gasteiger partial charge in [0.05, 0.1) is 46.1 Å². The van der Waals surface area contributed by atoms with E-state index in [0.717, 1.165) is 36.1 Å². The van der Waals surface area contributed by atoms with E-state index in [2.05, 4.69) is 11.0 Å². The van der Waals surface area contributed by atoms with Crippen LogP contribution in [-0.4, -0.2) is 75.4 Å². The van der Waals surface area contributed by atoms with Crippen molar-refractivity contribution in [3.63, 3.8) is 0 Å². The molecule has 2 aliphatic heterocycles. The number of nitrogens with zero attached hydrogens (tertiary/aromatic N) is 2. The summed E-state index contributed by atoms with van der Waals surface area (Å²) in [5.74, 6) is 0.726. The number of halogens is 2. The molecule has 0 aliphatic carbocycles. The molecule has 0 aromatic heterocycles. The van der Waals surface area contributed by atoms with Gasteiger partial charge in [-0.25, -0.2) is 4.39 Å². The molecule has 3 aromatic carbocycles. The van der Waals surface area contributed by atoms with Gasteiger partial charge in [0.1, 0.15) is 0 Å². The fourth-order valence-corrected chi connectivity index (χ4v) is 6.93. The summed E-state index contributed by atoms with van der Waals surface area (Å²) in [4.78, 5) is 18.4. The molecule has 2 heterocycles. The Morgan fingerprint density at radius 3 is 2.17 bits per heavy atom. The first kappa shape index (κ1) is 35.3. The maximum atomic E-state index is 14.4. The van der Waals surface area contributed by atoms with Crippen molar-refractivity contribution in [2.75, 3.05) is 59.7 Å². The molecule has 3 aromatic rings. The van der Waals surface area contributed by atoms with Gasteiger partial charge in [-0.3, -0.25) is 9.69 Å². The van der Waals surface area contributed by atoms with Crippen molar-refractivity contribution in [1.29, 1.82) is 0 Å². The van der Waals surface area contributed by atoms with E-state index in [1.807, 2.05) is 56.9 Å². The number of hydrogen-bond acceptors (Lipinski definition) is 7. The molecule has 10 heteroatoms. The third-order valence-electron chi connectivity index (χ3n) is 9.09. The van der Waals surface area contributed by atoms with Gasteiger partial charge in [0.2, 0.25) is 11.7 Å². The fraction of sp³-hybridized carbons (Fsp3) is 0.500. The number of benzene rings is 3. The van der Waals surface area contributed by atoms with Gasteiger partial charge in [-0.05, 0) is 124 Å². The Kier molecular flexibility index (Phi) is 12.0. The highest BCUT2D eigenvalue weighted by molar-refractivity contribution is 5.79. The number of amides is 1. The molecular formula is C38H48F2N2O6. The topological polar surface area (TPSA) is 69.7 Å². The van der Waals surface area contributed by atoms with Crippen LogP contribution in [0.5, 0.6) is 28.7 Å². The number of carbonyl (C=O) groups excluding carboxylic acids is 1. The van der Waals surface area contributed by atoms with Crippen molar-refractivity contribution in [2.45, 2.75) is 65.3 Å². The second kappa shape index (κ2) is 16.4. The molecule has 0 N–H and O–H groups in total. The molecule has 0 spiro atoms. The standard InChI is InChI=1S/C38H48F2N2O6/c1-6-45-32-13-12-25(18-33(32)46-7-2)17-31-29-22-35(48-9-4)34(47-8-3)20-26(29)14-16-42(31)37(43)24-41-15-10-11-27(23-41)28-19-30(39)38(40)36(21-28)44-5/h12-13,18-22,27,31H,6-11,14-17,23-24H2,1-5H3. The van der Waals surface area contributed by atoms with Crippen LogP contribution in [0.2, 0.25) is 0 Å². The first-order valence-corrected chi connectivity index (χ1v) is 17.2. The van der Waals surface area contributed by atoms with E-state index in [-0.39, 0.29) is 30.2 Å². The SMILES string of the molecule is CCOc1ccc(CC2c3cc(OCC)c(OCC)cc3CCN2C(=O)CN2CCCC(c3cc(F)c(F)c(OC)c3)C2)cc1OCC. The van der Waals surface area contributed by atoms with Gasteiger partial charge in [0.15, 0.2) is 34.6 Å². The van der Waals surface area contributed by atoms with Gasteiger partial charge in [0, 0.05) is 13.1 Å². The van der Waals surface area contributed by atoms with Gasteiger partial charge in [-0.1, -0.05) is 6.07 Å². The van der Waals surface area contributed by atoms with Crippen LogP contribution in [0.3, 0.4) is 0 Å². The smallest absolute Gasteiger partial charge is 0.237 e. The molecule has 0 radical (unpaired) electrons. The van der Waals surface area contributed by atoms with Gasteiger partial charge in [-0.2, -0.15) is 4.39 Å². The van der Waals surface area contributed by atoms with Crippen molar-refractivity contribution in [2.24, 2.45) is 0 Å². The molecule has 260 valence electrons. The van der Waals surface area contributed by atoms with Crippen molar-refractivity contribution in [3.8, 4) is 28.7 Å². The minimum Gasteiger partial charge on any atom is -0.494 e. The van der Waals surface area contributed by atoms with Crippen molar-refractivity contribution < 1.29 is 37.3 Å². The van der Waals surface area contributed by atoms with Crippen LogP contribution in [0.4, 0.5) is 8.78 Å². The molecule has 1 fully saturated rings. The van der Waals surface area contributed by atoms with Crippen LogP contribution in [0.15, 0.2) is 42.5 Å². The van der Waals surface area contributed by atoms with E-state index in [9.17, 15) is 13.6 Å². The maximum Gasteiger partial charge on any atom is 0.237 e. The van der Waals surface area contributed by atoms with Crippen LogP contribution >= 0.6 is 0 Å². The normalized spacial score (nSPS) is 17.9. The van der Waals surface area contributed by atoms with E-state index < -0.39 is 11.6 Å². The summed E-state index contributed by atoms with van der Waals surface area (Å²) >= 11 is 0. The molecule has 2 aliphatic rings. The molecular weight excluding hydrogens is 618 g/mol. The second-order valence-electron chi connectivity index (χ2n) is 12.2. The molecule has 0 saturated carbocycles. The van der Waals surface area contributed by atoms with Crippen LogP contribution < -0.4 is 23.7 Å². The number of methoxy groups -OCH3 is 1. The van der Waals surface area contributed by atoms with E-state index in [4.69, 9.17) is 23.7 Å². The Hall–Kier alpha value is -4.05. The number of ether oxygens (including phenoxy) is 5. The summed E-state index contributed by atoms with van der Waals surface area (Å²) in [5, 5.41) is 0. The Morgan fingerprint density at radius 1 is 0.812 bits per heavy atom. The predicted molar refractivity (Wildman–Crippen MR) is 181 cm³/mol. The highest BCUT2D eigenvalue weighted by atomic mass is 19.2. The van der Waals surface area contributed by atoms with Crippen molar-refractivity contribution in [3.05, 3.63) is 76.4 Å². The van der Waals surface area contributed by atoms with Crippen molar-refractivity contribution >= 4 is 5.91 Å². The first-order valence-electron chi connectivity index (χ1n) is 17.2. The summed E-state index contributed by atoms with van der Waals surface area (Å²) in [5.41, 5.74) is 3.88. The Labute approximate surface area is 282 Å². The average molecular weight is 667 g/mol. The van der Waals surface area contributed by atoms with Gasteiger partial charge in [0.25, 0.3) is 0 Å². The third-order valence-corrected chi connectivity index (χ3v) is 9.09. The lowest BCUT2D eigenvalue weighted by Gasteiger charge is -2.40. The monoisotopic (exact) mass is 666 g/mol. The molecule has 2 atom stereocenters. The summed E-state index contributed by atoms with van der Waals surface area (Å²) in [7, 11) is 1.33. The molecule has 2 unspecified atom stereocenters. The van der Waals surface area contributed by atoms with E-state index in [1.165, 1.54) is 13.2 Å². The second-order valence-corrected chi connectivity index (χ2v) is 12.2. The van der Waals surface area contributed by atoms with Gasteiger partial charge >= 0.3 is 0 Å². The zero-order valence-electron chi connectivity index (χ0n) is 28.8. The zero-order chi connectivity index (χ0) is 34.2. The minimum atomic E-state index is -0.984. The number of hydrogen-bond donors (Lipinski definition) is 0. The van der Waals surface area contributed by atoms with E-state index in [0.29, 0.717) is 80.9 Å². The largest absolute Gasteiger partial charge is 0.494 e. The van der Waals surface area contributed by atoms with Crippen LogP contribution in [0.25, 0.3) is 0 Å². The lowest BCUT2D eigenvalue weighted by molar-refractivity contribution is -0.135. The molecule has 1 amide bonds. The predicted octanol–water partition coefficient (Wildman–Crippen LogP) is 7.12. The summed E-state index contributed by atoms with van der Waals surface area (Å²) in [6, 6.07) is 12.7. The highest BCUT2D eigenvalue weighted by Gasteiger charge is 2.34. The van der Waals surface area contributed by atoms with Gasteiger partial charge < -0.3 is 28.6 Å². The number of carbonyl (C=O) groups is 1. The lowest BCUT2D eigenvalue weighted by Crippen LogP contribution is -2.47. The molecule has 1 saturated heterocycles. The quantitative estimate of drug-likeness (QED) is 0.182. The summed E-state index contributed by atoms with van der Waals surface area (Å²) in [6.07, 6.45) is 2.92. The summed E-state index contributed by atoms with van der Waals surface area (Å²) in [6.45, 7) is 11.9. The number of piperidine rings is 1. The number of likely N-dealkylation sites (tertiary alicyclic amines) is 1. The first-order chi connectivity index (χ1) is 23.3. The molecule has 0 bridgehead atoms. The number of rotatable bonds is 14. The average Bonchev–Trinajstić information content (AvgIpc) is 3.08. The molecule has 8 nitrogen and oxygen atoms in total.